The third-order valence-corrected chi connectivity index (χ3v) is 6.41. The zero-order valence-corrected chi connectivity index (χ0v) is 20.5. The van der Waals surface area contributed by atoms with E-state index in [1.807, 2.05) is 7.05 Å². The number of likely N-dealkylation sites (N-methyl/N-ethyl adjacent to an activating group) is 1. The molecule has 2 saturated carbocycles. The number of nitrogens with zero attached hydrogens (tertiary/aromatic N) is 3. The summed E-state index contributed by atoms with van der Waals surface area (Å²) in [5.41, 5.74) is 0. The zero-order valence-electron chi connectivity index (χ0n) is 20.5. The van der Waals surface area contributed by atoms with E-state index in [0.29, 0.717) is 62.9 Å². The Balaban J connectivity index is 1.51. The lowest BCUT2D eigenvalue weighted by Gasteiger charge is -2.24. The highest BCUT2D eigenvalue weighted by atomic mass is 16.5. The lowest BCUT2D eigenvalue weighted by molar-refractivity contribution is 0.0531. The van der Waals surface area contributed by atoms with E-state index >= 15 is 0 Å². The van der Waals surface area contributed by atoms with Crippen LogP contribution in [0.25, 0.3) is 0 Å². The first-order valence-corrected chi connectivity index (χ1v) is 13.2. The van der Waals surface area contributed by atoms with Gasteiger partial charge in [0.05, 0.1) is 26.4 Å². The molecule has 9 nitrogen and oxygen atoms in total. The monoisotopic (exact) mass is 463 g/mol. The van der Waals surface area contributed by atoms with Gasteiger partial charge >= 0.3 is 0 Å². The van der Waals surface area contributed by atoms with E-state index in [9.17, 15) is 0 Å². The standard InChI is InChI=1S/C24H45N7O2/c1-25-14-16-32-18-19-33-17-15-26-22-29-23(27-20-10-6-3-2-4-7-11-20)31-24(30-22)28-21-12-8-5-9-13-21/h20-21,25H,2-19H2,1H3,(H3,26,27,28,29,30,31). The van der Waals surface area contributed by atoms with Gasteiger partial charge in [-0.1, -0.05) is 51.4 Å². The average molecular weight is 464 g/mol. The molecule has 1 aromatic heterocycles. The second kappa shape index (κ2) is 16.0. The van der Waals surface area contributed by atoms with Gasteiger partial charge in [0.1, 0.15) is 0 Å². The molecule has 0 amide bonds. The molecule has 188 valence electrons. The summed E-state index contributed by atoms with van der Waals surface area (Å²) in [7, 11) is 1.92. The van der Waals surface area contributed by atoms with Crippen LogP contribution in [0.15, 0.2) is 0 Å². The van der Waals surface area contributed by atoms with Crippen molar-refractivity contribution in [1.82, 2.24) is 20.3 Å². The van der Waals surface area contributed by atoms with E-state index < -0.39 is 0 Å². The van der Waals surface area contributed by atoms with Gasteiger partial charge in [-0.05, 0) is 32.7 Å². The summed E-state index contributed by atoms with van der Waals surface area (Å²) in [5, 5.41) is 13.5. The SMILES string of the molecule is CNCCOCCOCCNc1nc(NC2CCCCCCC2)nc(NC2CCCCC2)n1. The van der Waals surface area contributed by atoms with E-state index in [1.54, 1.807) is 0 Å². The first-order chi connectivity index (χ1) is 16.3. The van der Waals surface area contributed by atoms with Crippen LogP contribution in [0.4, 0.5) is 17.8 Å². The van der Waals surface area contributed by atoms with Crippen molar-refractivity contribution in [3.05, 3.63) is 0 Å². The molecule has 0 spiro atoms. The van der Waals surface area contributed by atoms with Crippen molar-refractivity contribution in [2.24, 2.45) is 0 Å². The van der Waals surface area contributed by atoms with E-state index in [4.69, 9.17) is 14.5 Å². The summed E-state index contributed by atoms with van der Waals surface area (Å²) in [6, 6.07) is 0.892. The van der Waals surface area contributed by atoms with Gasteiger partial charge in [0.15, 0.2) is 0 Å². The van der Waals surface area contributed by atoms with Gasteiger partial charge in [-0.15, -0.1) is 0 Å². The molecule has 2 aliphatic rings. The van der Waals surface area contributed by atoms with Crippen LogP contribution in [0, 0.1) is 0 Å². The molecule has 2 aliphatic carbocycles. The Kier molecular flexibility index (Phi) is 12.6. The molecule has 0 atom stereocenters. The van der Waals surface area contributed by atoms with Gasteiger partial charge in [-0.25, -0.2) is 0 Å². The van der Waals surface area contributed by atoms with E-state index in [-0.39, 0.29) is 0 Å². The first kappa shape index (κ1) is 25.9. The lowest BCUT2D eigenvalue weighted by Crippen LogP contribution is -2.26. The fraction of sp³-hybridized carbons (Fsp3) is 0.875. The summed E-state index contributed by atoms with van der Waals surface area (Å²) in [4.78, 5) is 14.1. The van der Waals surface area contributed by atoms with Crippen LogP contribution in [0.1, 0.15) is 77.0 Å². The summed E-state index contributed by atoms with van der Waals surface area (Å²) in [5.74, 6) is 1.95. The van der Waals surface area contributed by atoms with Crippen LogP contribution in [0.2, 0.25) is 0 Å². The number of aromatic nitrogens is 3. The summed E-state index contributed by atoms with van der Waals surface area (Å²) < 4.78 is 11.1. The second-order valence-corrected chi connectivity index (χ2v) is 9.23. The molecule has 0 radical (unpaired) electrons. The Morgan fingerprint density at radius 1 is 0.606 bits per heavy atom. The molecule has 0 aliphatic heterocycles. The Hall–Kier alpha value is -1.71. The molecule has 0 aromatic carbocycles. The Morgan fingerprint density at radius 2 is 1.06 bits per heavy atom. The number of hydrogen-bond acceptors (Lipinski definition) is 9. The highest BCUT2D eigenvalue weighted by Crippen LogP contribution is 2.23. The molecular weight excluding hydrogens is 418 g/mol. The van der Waals surface area contributed by atoms with Crippen molar-refractivity contribution in [2.45, 2.75) is 89.1 Å². The van der Waals surface area contributed by atoms with E-state index in [2.05, 4.69) is 31.2 Å². The first-order valence-electron chi connectivity index (χ1n) is 13.2. The van der Waals surface area contributed by atoms with Crippen molar-refractivity contribution >= 4 is 17.8 Å². The Labute approximate surface area is 199 Å². The molecule has 1 aromatic rings. The molecule has 33 heavy (non-hydrogen) atoms. The van der Waals surface area contributed by atoms with Crippen LogP contribution in [-0.4, -0.2) is 73.6 Å². The second-order valence-electron chi connectivity index (χ2n) is 9.23. The van der Waals surface area contributed by atoms with Crippen molar-refractivity contribution in [3.8, 4) is 0 Å². The van der Waals surface area contributed by atoms with Crippen molar-refractivity contribution in [1.29, 1.82) is 0 Å². The van der Waals surface area contributed by atoms with Crippen molar-refractivity contribution in [3.63, 3.8) is 0 Å². The molecule has 2 fully saturated rings. The van der Waals surface area contributed by atoms with E-state index in [0.717, 1.165) is 6.54 Å². The highest BCUT2D eigenvalue weighted by Gasteiger charge is 2.17. The minimum Gasteiger partial charge on any atom is -0.378 e. The maximum absolute atomic E-state index is 5.65. The van der Waals surface area contributed by atoms with Gasteiger partial charge in [0.2, 0.25) is 17.8 Å². The van der Waals surface area contributed by atoms with Crippen LogP contribution in [0.5, 0.6) is 0 Å². The fourth-order valence-electron chi connectivity index (χ4n) is 4.53. The van der Waals surface area contributed by atoms with E-state index in [1.165, 1.54) is 77.0 Å². The number of anilines is 3. The van der Waals surface area contributed by atoms with Crippen LogP contribution in [0.3, 0.4) is 0 Å². The largest absolute Gasteiger partial charge is 0.378 e. The predicted molar refractivity (Wildman–Crippen MR) is 134 cm³/mol. The fourth-order valence-corrected chi connectivity index (χ4v) is 4.53. The van der Waals surface area contributed by atoms with Gasteiger partial charge < -0.3 is 30.7 Å². The maximum atomic E-state index is 5.65. The molecular formula is C24H45N7O2. The number of ether oxygens (including phenoxy) is 2. The molecule has 0 bridgehead atoms. The van der Waals surface area contributed by atoms with Crippen LogP contribution < -0.4 is 21.3 Å². The summed E-state index contributed by atoms with van der Waals surface area (Å²) >= 11 is 0. The third kappa shape index (κ3) is 10.8. The summed E-state index contributed by atoms with van der Waals surface area (Å²) in [6.45, 7) is 3.99. The number of nitrogens with one attached hydrogen (secondary N) is 4. The van der Waals surface area contributed by atoms with Gasteiger partial charge in [-0.3, -0.25) is 0 Å². The topological polar surface area (TPSA) is 105 Å². The molecule has 4 N–H and O–H groups in total. The summed E-state index contributed by atoms with van der Waals surface area (Å²) in [6.07, 6.45) is 15.2. The van der Waals surface area contributed by atoms with Crippen molar-refractivity contribution < 1.29 is 9.47 Å². The van der Waals surface area contributed by atoms with Gasteiger partial charge in [0, 0.05) is 25.2 Å². The predicted octanol–water partition coefficient (Wildman–Crippen LogP) is 3.81. The Morgan fingerprint density at radius 3 is 1.61 bits per heavy atom. The van der Waals surface area contributed by atoms with Gasteiger partial charge in [-0.2, -0.15) is 15.0 Å². The molecule has 9 heteroatoms. The van der Waals surface area contributed by atoms with Gasteiger partial charge in [0.25, 0.3) is 0 Å². The minimum atomic E-state index is 0.439. The van der Waals surface area contributed by atoms with Crippen LogP contribution in [-0.2, 0) is 9.47 Å². The lowest BCUT2D eigenvalue weighted by atomic mass is 9.96. The Bertz CT molecular complexity index is 635. The highest BCUT2D eigenvalue weighted by molar-refractivity contribution is 5.43. The molecule has 0 saturated heterocycles. The smallest absolute Gasteiger partial charge is 0.229 e. The number of rotatable bonds is 14. The zero-order chi connectivity index (χ0) is 23.0. The normalized spacial score (nSPS) is 18.5. The maximum Gasteiger partial charge on any atom is 0.229 e. The molecule has 1 heterocycles. The minimum absolute atomic E-state index is 0.439. The third-order valence-electron chi connectivity index (χ3n) is 6.41. The number of hydrogen-bond donors (Lipinski definition) is 4. The molecule has 0 unspecified atom stereocenters. The van der Waals surface area contributed by atoms with Crippen molar-refractivity contribution in [2.75, 3.05) is 62.5 Å². The molecule has 3 rings (SSSR count). The van der Waals surface area contributed by atoms with Crippen LogP contribution >= 0.6 is 0 Å². The quantitative estimate of drug-likeness (QED) is 0.307. The average Bonchev–Trinajstić information content (AvgIpc) is 2.80.